The lowest BCUT2D eigenvalue weighted by molar-refractivity contribution is 0.373. The number of fused-ring (bicyclic) bond motifs is 1. The van der Waals surface area contributed by atoms with Crippen LogP contribution in [0.15, 0.2) is 65.7 Å². The van der Waals surface area contributed by atoms with Gasteiger partial charge in [0, 0.05) is 11.6 Å². The standard InChI is InChI=1S/C18H15NO2/c1-21-18-11-13(9-10-17(18)20)12-19-16-8-4-6-14-5-2-3-7-15(14)16/h2-12,20H,1H3. The molecule has 3 aromatic rings. The van der Waals surface area contributed by atoms with Crippen molar-refractivity contribution in [1.82, 2.24) is 0 Å². The highest BCUT2D eigenvalue weighted by Crippen LogP contribution is 2.27. The second-order valence-electron chi connectivity index (χ2n) is 4.69. The molecule has 21 heavy (non-hydrogen) atoms. The average molecular weight is 277 g/mol. The number of hydrogen-bond donors (Lipinski definition) is 1. The number of benzene rings is 3. The summed E-state index contributed by atoms with van der Waals surface area (Å²) in [4.78, 5) is 4.55. The summed E-state index contributed by atoms with van der Waals surface area (Å²) in [5.74, 6) is 0.566. The summed E-state index contributed by atoms with van der Waals surface area (Å²) in [6.45, 7) is 0. The predicted molar refractivity (Wildman–Crippen MR) is 85.9 cm³/mol. The molecule has 104 valence electrons. The van der Waals surface area contributed by atoms with Crippen LogP contribution < -0.4 is 4.74 Å². The molecular formula is C18H15NO2. The number of phenolic OH excluding ortho intramolecular Hbond substituents is 1. The van der Waals surface area contributed by atoms with Crippen LogP contribution in [0.1, 0.15) is 5.56 Å². The largest absolute Gasteiger partial charge is 0.504 e. The SMILES string of the molecule is COc1cc(C=Nc2cccc3ccccc23)ccc1O. The minimum absolute atomic E-state index is 0.125. The summed E-state index contributed by atoms with van der Waals surface area (Å²) in [6, 6.07) is 19.3. The van der Waals surface area contributed by atoms with Gasteiger partial charge in [-0.05, 0) is 35.2 Å². The van der Waals surface area contributed by atoms with Crippen LogP contribution in [0.3, 0.4) is 0 Å². The van der Waals surface area contributed by atoms with Crippen molar-refractivity contribution in [3.8, 4) is 11.5 Å². The molecule has 0 amide bonds. The van der Waals surface area contributed by atoms with Gasteiger partial charge in [-0.1, -0.05) is 36.4 Å². The molecule has 0 spiro atoms. The fourth-order valence-corrected chi connectivity index (χ4v) is 2.24. The summed E-state index contributed by atoms with van der Waals surface area (Å²) in [6.07, 6.45) is 1.77. The van der Waals surface area contributed by atoms with Gasteiger partial charge in [0.05, 0.1) is 12.8 Å². The number of hydrogen-bond acceptors (Lipinski definition) is 3. The van der Waals surface area contributed by atoms with Crippen LogP contribution in [0, 0.1) is 0 Å². The number of aromatic hydroxyl groups is 1. The first-order valence-corrected chi connectivity index (χ1v) is 6.67. The monoisotopic (exact) mass is 277 g/mol. The van der Waals surface area contributed by atoms with Crippen molar-refractivity contribution in [2.75, 3.05) is 7.11 Å². The van der Waals surface area contributed by atoms with Crippen molar-refractivity contribution >= 4 is 22.7 Å². The quantitative estimate of drug-likeness (QED) is 0.725. The Bertz CT molecular complexity index is 804. The Hall–Kier alpha value is -2.81. The van der Waals surface area contributed by atoms with Crippen LogP contribution in [0.5, 0.6) is 11.5 Å². The molecule has 0 aliphatic heterocycles. The predicted octanol–water partition coefficient (Wildman–Crippen LogP) is 4.30. The second kappa shape index (κ2) is 5.67. The molecule has 3 rings (SSSR count). The minimum Gasteiger partial charge on any atom is -0.504 e. The van der Waals surface area contributed by atoms with E-state index in [4.69, 9.17) is 4.74 Å². The molecule has 0 fully saturated rings. The highest BCUT2D eigenvalue weighted by molar-refractivity contribution is 5.95. The van der Waals surface area contributed by atoms with E-state index in [1.165, 1.54) is 7.11 Å². The number of methoxy groups -OCH3 is 1. The van der Waals surface area contributed by atoms with Crippen molar-refractivity contribution in [3.05, 3.63) is 66.2 Å². The van der Waals surface area contributed by atoms with Crippen molar-refractivity contribution in [3.63, 3.8) is 0 Å². The van der Waals surface area contributed by atoms with E-state index in [-0.39, 0.29) is 5.75 Å². The van der Waals surface area contributed by atoms with Gasteiger partial charge < -0.3 is 9.84 Å². The summed E-state index contributed by atoms with van der Waals surface area (Å²) in [5, 5.41) is 11.9. The molecule has 0 unspecified atom stereocenters. The van der Waals surface area contributed by atoms with Crippen LogP contribution in [-0.4, -0.2) is 18.4 Å². The maximum absolute atomic E-state index is 9.59. The maximum Gasteiger partial charge on any atom is 0.161 e. The smallest absolute Gasteiger partial charge is 0.161 e. The van der Waals surface area contributed by atoms with Crippen LogP contribution in [0.25, 0.3) is 10.8 Å². The molecule has 0 saturated heterocycles. The van der Waals surface area contributed by atoms with E-state index in [9.17, 15) is 5.11 Å². The lowest BCUT2D eigenvalue weighted by Crippen LogP contribution is -1.87. The van der Waals surface area contributed by atoms with Gasteiger partial charge in [0.15, 0.2) is 11.5 Å². The third kappa shape index (κ3) is 2.72. The van der Waals surface area contributed by atoms with Gasteiger partial charge in [0.25, 0.3) is 0 Å². The molecule has 0 aliphatic carbocycles. The molecule has 3 heteroatoms. The van der Waals surface area contributed by atoms with Crippen LogP contribution in [-0.2, 0) is 0 Å². The molecule has 0 atom stereocenters. The maximum atomic E-state index is 9.59. The van der Waals surface area contributed by atoms with Crippen LogP contribution >= 0.6 is 0 Å². The summed E-state index contributed by atoms with van der Waals surface area (Å²) in [5.41, 5.74) is 1.79. The lowest BCUT2D eigenvalue weighted by atomic mass is 10.1. The highest BCUT2D eigenvalue weighted by atomic mass is 16.5. The van der Waals surface area contributed by atoms with E-state index < -0.39 is 0 Å². The molecular weight excluding hydrogens is 262 g/mol. The summed E-state index contributed by atoms with van der Waals surface area (Å²) < 4.78 is 5.10. The Balaban J connectivity index is 1.98. The first-order valence-electron chi connectivity index (χ1n) is 6.67. The Labute approximate surface area is 123 Å². The molecule has 3 nitrogen and oxygen atoms in total. The Morgan fingerprint density at radius 2 is 1.81 bits per heavy atom. The number of aliphatic imine (C=N–C) groups is 1. The summed E-state index contributed by atoms with van der Waals surface area (Å²) >= 11 is 0. The molecule has 0 radical (unpaired) electrons. The lowest BCUT2D eigenvalue weighted by Gasteiger charge is -2.04. The molecule has 0 aliphatic rings. The van der Waals surface area contributed by atoms with Crippen molar-refractivity contribution in [1.29, 1.82) is 0 Å². The van der Waals surface area contributed by atoms with Gasteiger partial charge in [-0.15, -0.1) is 0 Å². The van der Waals surface area contributed by atoms with Gasteiger partial charge in [-0.25, -0.2) is 0 Å². The van der Waals surface area contributed by atoms with Gasteiger partial charge in [0.1, 0.15) is 0 Å². The molecule has 0 aromatic heterocycles. The van der Waals surface area contributed by atoms with Crippen LogP contribution in [0.2, 0.25) is 0 Å². The number of rotatable bonds is 3. The Morgan fingerprint density at radius 3 is 2.67 bits per heavy atom. The van der Waals surface area contributed by atoms with Crippen molar-refractivity contribution < 1.29 is 9.84 Å². The summed E-state index contributed by atoms with van der Waals surface area (Å²) in [7, 11) is 1.53. The van der Waals surface area contributed by atoms with Crippen molar-refractivity contribution in [2.24, 2.45) is 4.99 Å². The third-order valence-corrected chi connectivity index (χ3v) is 3.32. The fraction of sp³-hybridized carbons (Fsp3) is 0.0556. The zero-order valence-corrected chi connectivity index (χ0v) is 11.7. The topological polar surface area (TPSA) is 41.8 Å². The molecule has 0 bridgehead atoms. The van der Waals surface area contributed by atoms with Gasteiger partial charge in [-0.3, -0.25) is 4.99 Å². The van der Waals surface area contributed by atoms with E-state index in [0.29, 0.717) is 5.75 Å². The third-order valence-electron chi connectivity index (χ3n) is 3.32. The van der Waals surface area contributed by atoms with Gasteiger partial charge >= 0.3 is 0 Å². The van der Waals surface area contributed by atoms with Gasteiger partial charge in [-0.2, -0.15) is 0 Å². The highest BCUT2D eigenvalue weighted by Gasteiger charge is 2.01. The molecule has 3 aromatic carbocycles. The van der Waals surface area contributed by atoms with Gasteiger partial charge in [0.2, 0.25) is 0 Å². The normalized spacial score (nSPS) is 11.1. The number of nitrogens with zero attached hydrogens (tertiary/aromatic N) is 1. The zero-order valence-electron chi connectivity index (χ0n) is 11.7. The average Bonchev–Trinajstić information content (AvgIpc) is 2.54. The van der Waals surface area contributed by atoms with E-state index in [1.807, 2.05) is 24.3 Å². The Morgan fingerprint density at radius 1 is 1.00 bits per heavy atom. The van der Waals surface area contributed by atoms with E-state index in [2.05, 4.69) is 23.2 Å². The first kappa shape index (κ1) is 13.2. The van der Waals surface area contributed by atoms with E-state index in [1.54, 1.807) is 24.4 Å². The van der Waals surface area contributed by atoms with E-state index >= 15 is 0 Å². The fourth-order valence-electron chi connectivity index (χ4n) is 2.24. The molecule has 0 saturated carbocycles. The second-order valence-corrected chi connectivity index (χ2v) is 4.69. The minimum atomic E-state index is 0.125. The van der Waals surface area contributed by atoms with E-state index in [0.717, 1.165) is 22.0 Å². The Kier molecular flexibility index (Phi) is 3.56. The molecule has 0 heterocycles. The number of phenols is 1. The number of ether oxygens (including phenoxy) is 1. The van der Waals surface area contributed by atoms with Crippen LogP contribution in [0.4, 0.5) is 5.69 Å². The first-order chi connectivity index (χ1) is 10.3. The molecule has 1 N–H and O–H groups in total. The zero-order chi connectivity index (χ0) is 14.7. The van der Waals surface area contributed by atoms with Crippen molar-refractivity contribution in [2.45, 2.75) is 0 Å².